The number of hydrogen-bond donors (Lipinski definition) is 1. The zero-order valence-corrected chi connectivity index (χ0v) is 12.5. The number of para-hydroxylation sites is 1. The highest BCUT2D eigenvalue weighted by molar-refractivity contribution is 5.56. The molecule has 0 saturated carbocycles. The molecule has 1 atom stereocenters. The van der Waals surface area contributed by atoms with Gasteiger partial charge in [-0.2, -0.15) is 0 Å². The summed E-state index contributed by atoms with van der Waals surface area (Å²) >= 11 is 0. The van der Waals surface area contributed by atoms with E-state index in [9.17, 15) is 0 Å². The number of nitrogens with zero attached hydrogens (tertiary/aromatic N) is 1. The van der Waals surface area contributed by atoms with Gasteiger partial charge >= 0.3 is 0 Å². The Morgan fingerprint density at radius 2 is 1.95 bits per heavy atom. The largest absolute Gasteiger partial charge is 0.371 e. The van der Waals surface area contributed by atoms with Crippen LogP contribution in [0.2, 0.25) is 0 Å². The zero-order valence-electron chi connectivity index (χ0n) is 12.5. The van der Waals surface area contributed by atoms with Crippen LogP contribution in [0, 0.1) is 0 Å². The Bertz CT molecular complexity index is 375. The number of anilines is 1. The van der Waals surface area contributed by atoms with Crippen molar-refractivity contribution in [1.82, 2.24) is 5.32 Å². The molecule has 0 aromatic heterocycles. The van der Waals surface area contributed by atoms with Crippen LogP contribution in [0.5, 0.6) is 0 Å². The zero-order chi connectivity index (χ0) is 13.5. The van der Waals surface area contributed by atoms with Crippen LogP contribution in [0.15, 0.2) is 24.3 Å². The average Bonchev–Trinajstić information content (AvgIpc) is 2.47. The van der Waals surface area contributed by atoms with Gasteiger partial charge < -0.3 is 10.2 Å². The van der Waals surface area contributed by atoms with E-state index in [0.29, 0.717) is 6.04 Å². The third-order valence-corrected chi connectivity index (χ3v) is 4.22. The van der Waals surface area contributed by atoms with Crippen molar-refractivity contribution in [2.75, 3.05) is 25.0 Å². The van der Waals surface area contributed by atoms with E-state index < -0.39 is 0 Å². The summed E-state index contributed by atoms with van der Waals surface area (Å²) in [6.07, 6.45) is 8.04. The molecule has 1 aromatic rings. The van der Waals surface area contributed by atoms with Gasteiger partial charge in [0.2, 0.25) is 0 Å². The Labute approximate surface area is 118 Å². The van der Waals surface area contributed by atoms with Crippen LogP contribution in [-0.4, -0.2) is 20.1 Å². The number of rotatable bonds is 7. The predicted molar refractivity (Wildman–Crippen MR) is 83.8 cm³/mol. The van der Waals surface area contributed by atoms with Gasteiger partial charge in [-0.1, -0.05) is 50.8 Å². The molecule has 0 fully saturated rings. The normalized spacial score (nSPS) is 18.4. The maximum atomic E-state index is 3.44. The van der Waals surface area contributed by atoms with Gasteiger partial charge in [0, 0.05) is 24.8 Å². The van der Waals surface area contributed by atoms with Gasteiger partial charge in [0.05, 0.1) is 0 Å². The van der Waals surface area contributed by atoms with Crippen molar-refractivity contribution in [3.63, 3.8) is 0 Å². The molecule has 0 aliphatic carbocycles. The van der Waals surface area contributed by atoms with Crippen molar-refractivity contribution < 1.29 is 0 Å². The molecule has 0 radical (unpaired) electrons. The maximum absolute atomic E-state index is 3.44. The van der Waals surface area contributed by atoms with Crippen LogP contribution in [0.4, 0.5) is 5.69 Å². The first-order chi connectivity index (χ1) is 9.36. The molecular weight excluding hydrogens is 232 g/mol. The molecule has 2 rings (SSSR count). The predicted octanol–water partition coefficient (Wildman–Crippen LogP) is 4.13. The highest BCUT2D eigenvalue weighted by Gasteiger charge is 2.22. The summed E-state index contributed by atoms with van der Waals surface area (Å²) in [5.41, 5.74) is 2.92. The Kier molecular flexibility index (Phi) is 5.71. The second kappa shape index (κ2) is 7.54. The van der Waals surface area contributed by atoms with Gasteiger partial charge in [-0.05, 0) is 31.5 Å². The lowest BCUT2D eigenvalue weighted by Crippen LogP contribution is -2.35. The summed E-state index contributed by atoms with van der Waals surface area (Å²) in [5, 5.41) is 3.44. The van der Waals surface area contributed by atoms with E-state index in [1.807, 2.05) is 0 Å². The maximum Gasteiger partial charge on any atom is 0.0414 e. The summed E-state index contributed by atoms with van der Waals surface area (Å²) in [6, 6.07) is 9.42. The Hall–Kier alpha value is -1.02. The van der Waals surface area contributed by atoms with Crippen LogP contribution in [-0.2, 0) is 0 Å². The van der Waals surface area contributed by atoms with Gasteiger partial charge in [0.1, 0.15) is 0 Å². The van der Waals surface area contributed by atoms with Crippen molar-refractivity contribution >= 4 is 5.69 Å². The first-order valence-corrected chi connectivity index (χ1v) is 7.88. The molecule has 1 aliphatic rings. The number of nitrogens with one attached hydrogen (secondary N) is 1. The average molecular weight is 260 g/mol. The quantitative estimate of drug-likeness (QED) is 0.742. The van der Waals surface area contributed by atoms with E-state index in [2.05, 4.69) is 48.5 Å². The lowest BCUT2D eigenvalue weighted by molar-refractivity contribution is 0.508. The summed E-state index contributed by atoms with van der Waals surface area (Å²) in [5.74, 6) is 0. The molecule has 106 valence electrons. The van der Waals surface area contributed by atoms with Crippen LogP contribution in [0.25, 0.3) is 0 Å². The van der Waals surface area contributed by atoms with E-state index in [0.717, 1.165) is 0 Å². The minimum absolute atomic E-state index is 0.535. The summed E-state index contributed by atoms with van der Waals surface area (Å²) in [6.45, 7) is 4.69. The number of fused-ring (bicyclic) bond motifs is 1. The van der Waals surface area contributed by atoms with Crippen molar-refractivity contribution in [2.45, 2.75) is 51.5 Å². The second-order valence-corrected chi connectivity index (χ2v) is 5.59. The minimum atomic E-state index is 0.535. The molecular formula is C17H28N2. The van der Waals surface area contributed by atoms with Crippen LogP contribution in [0.1, 0.15) is 57.1 Å². The van der Waals surface area contributed by atoms with Crippen molar-refractivity contribution in [3.8, 4) is 0 Å². The lowest BCUT2D eigenvalue weighted by Gasteiger charge is -2.35. The molecule has 2 heteroatoms. The number of unbranched alkanes of at least 4 members (excludes halogenated alkanes) is 4. The first kappa shape index (κ1) is 14.4. The fourth-order valence-corrected chi connectivity index (χ4v) is 3.07. The Morgan fingerprint density at radius 3 is 2.74 bits per heavy atom. The number of benzene rings is 1. The summed E-state index contributed by atoms with van der Waals surface area (Å²) in [7, 11) is 2.07. The molecule has 0 amide bonds. The fourth-order valence-electron chi connectivity index (χ4n) is 3.07. The smallest absolute Gasteiger partial charge is 0.0414 e. The number of hydrogen-bond acceptors (Lipinski definition) is 2. The van der Waals surface area contributed by atoms with Crippen molar-refractivity contribution in [1.29, 1.82) is 0 Å². The molecule has 0 saturated heterocycles. The molecule has 0 spiro atoms. The minimum Gasteiger partial charge on any atom is -0.371 e. The molecule has 19 heavy (non-hydrogen) atoms. The third kappa shape index (κ3) is 3.73. The van der Waals surface area contributed by atoms with E-state index in [1.165, 1.54) is 62.9 Å². The van der Waals surface area contributed by atoms with E-state index in [4.69, 9.17) is 0 Å². The molecule has 1 heterocycles. The standard InChI is InChI=1S/C17H28N2/c1-3-4-5-6-9-13-19-14-12-16(18-2)15-10-7-8-11-17(15)19/h7-8,10-11,16,18H,3-6,9,12-14H2,1-2H3. The van der Waals surface area contributed by atoms with Crippen LogP contribution < -0.4 is 10.2 Å². The summed E-state index contributed by atoms with van der Waals surface area (Å²) < 4.78 is 0. The monoisotopic (exact) mass is 260 g/mol. The van der Waals surface area contributed by atoms with E-state index >= 15 is 0 Å². The highest BCUT2D eigenvalue weighted by atomic mass is 15.1. The molecule has 1 aromatic carbocycles. The SMILES string of the molecule is CCCCCCCN1CCC(NC)c2ccccc21. The third-order valence-electron chi connectivity index (χ3n) is 4.22. The fraction of sp³-hybridized carbons (Fsp3) is 0.647. The van der Waals surface area contributed by atoms with Crippen molar-refractivity contribution in [3.05, 3.63) is 29.8 Å². The van der Waals surface area contributed by atoms with Crippen molar-refractivity contribution in [2.24, 2.45) is 0 Å². The van der Waals surface area contributed by atoms with E-state index in [1.54, 1.807) is 0 Å². The Morgan fingerprint density at radius 1 is 1.16 bits per heavy atom. The molecule has 1 unspecified atom stereocenters. The molecule has 0 bridgehead atoms. The highest BCUT2D eigenvalue weighted by Crippen LogP contribution is 2.33. The molecule has 1 aliphatic heterocycles. The van der Waals surface area contributed by atoms with Crippen LogP contribution in [0.3, 0.4) is 0 Å². The van der Waals surface area contributed by atoms with Crippen LogP contribution >= 0.6 is 0 Å². The second-order valence-electron chi connectivity index (χ2n) is 5.59. The Balaban J connectivity index is 1.92. The summed E-state index contributed by atoms with van der Waals surface area (Å²) in [4.78, 5) is 2.58. The van der Waals surface area contributed by atoms with Gasteiger partial charge in [-0.3, -0.25) is 0 Å². The van der Waals surface area contributed by atoms with Gasteiger partial charge in [0.25, 0.3) is 0 Å². The molecule has 2 nitrogen and oxygen atoms in total. The lowest BCUT2D eigenvalue weighted by atomic mass is 9.96. The van der Waals surface area contributed by atoms with Gasteiger partial charge in [-0.15, -0.1) is 0 Å². The molecule has 1 N–H and O–H groups in total. The van der Waals surface area contributed by atoms with E-state index in [-0.39, 0.29) is 0 Å². The van der Waals surface area contributed by atoms with Gasteiger partial charge in [0.15, 0.2) is 0 Å². The topological polar surface area (TPSA) is 15.3 Å². The first-order valence-electron chi connectivity index (χ1n) is 7.88. The van der Waals surface area contributed by atoms with Gasteiger partial charge in [-0.25, -0.2) is 0 Å².